The molecule has 0 aliphatic carbocycles. The number of fused-ring (bicyclic) bond motifs is 3. The molecule has 3 heterocycles. The molecule has 94 valence electrons. The minimum Gasteiger partial charge on any atom is -0.348 e. The standard InChI is InChI=1S/C14H11N3S2/c1-2-4-11-10(3-1)14-12(7-18-11)19-13(17-14)5-9-6-15-8-16-9/h1-4,6,8H,5,7H2,(H,15,16). The van der Waals surface area contributed by atoms with Crippen LogP contribution in [0, 0.1) is 0 Å². The Morgan fingerprint density at radius 1 is 1.26 bits per heavy atom. The van der Waals surface area contributed by atoms with Crippen molar-refractivity contribution in [3.8, 4) is 11.3 Å². The van der Waals surface area contributed by atoms with Crippen molar-refractivity contribution in [3.05, 3.63) is 52.4 Å². The van der Waals surface area contributed by atoms with Crippen LogP contribution in [0.25, 0.3) is 11.3 Å². The molecule has 1 aromatic carbocycles. The van der Waals surface area contributed by atoms with Gasteiger partial charge in [0.15, 0.2) is 0 Å². The highest BCUT2D eigenvalue weighted by molar-refractivity contribution is 7.98. The molecule has 1 N–H and O–H groups in total. The molecule has 1 aliphatic rings. The van der Waals surface area contributed by atoms with Gasteiger partial charge < -0.3 is 4.98 Å². The minimum atomic E-state index is 0.838. The number of imidazole rings is 1. The molecule has 3 nitrogen and oxygen atoms in total. The maximum atomic E-state index is 4.82. The van der Waals surface area contributed by atoms with Crippen LogP contribution in [0.5, 0.6) is 0 Å². The number of aromatic nitrogens is 3. The fourth-order valence-corrected chi connectivity index (χ4v) is 4.49. The molecule has 0 atom stereocenters. The lowest BCUT2D eigenvalue weighted by Gasteiger charge is -2.13. The summed E-state index contributed by atoms with van der Waals surface area (Å²) in [6.45, 7) is 0. The van der Waals surface area contributed by atoms with E-state index in [1.165, 1.54) is 21.0 Å². The summed E-state index contributed by atoms with van der Waals surface area (Å²) in [4.78, 5) is 14.7. The van der Waals surface area contributed by atoms with Crippen LogP contribution in [0.4, 0.5) is 0 Å². The Morgan fingerprint density at radius 3 is 3.11 bits per heavy atom. The predicted molar refractivity (Wildman–Crippen MR) is 78.5 cm³/mol. The number of thioether (sulfide) groups is 1. The second kappa shape index (κ2) is 4.51. The van der Waals surface area contributed by atoms with Gasteiger partial charge in [0.2, 0.25) is 0 Å². The van der Waals surface area contributed by atoms with E-state index in [2.05, 4.69) is 34.2 Å². The van der Waals surface area contributed by atoms with Crippen molar-refractivity contribution in [2.24, 2.45) is 0 Å². The van der Waals surface area contributed by atoms with Crippen molar-refractivity contribution in [1.82, 2.24) is 15.0 Å². The second-order valence-corrected chi connectivity index (χ2v) is 6.60. The van der Waals surface area contributed by atoms with E-state index in [1.807, 2.05) is 29.3 Å². The average Bonchev–Trinajstić information content (AvgIpc) is 3.08. The van der Waals surface area contributed by atoms with E-state index in [9.17, 15) is 0 Å². The Balaban J connectivity index is 1.74. The third-order valence-electron chi connectivity index (χ3n) is 3.14. The maximum Gasteiger partial charge on any atom is 0.0995 e. The molecule has 4 rings (SSSR count). The smallest absolute Gasteiger partial charge is 0.0995 e. The molecule has 0 bridgehead atoms. The summed E-state index contributed by atoms with van der Waals surface area (Å²) in [6.07, 6.45) is 4.42. The minimum absolute atomic E-state index is 0.838. The molecule has 2 aromatic heterocycles. The average molecular weight is 285 g/mol. The number of H-pyrrole nitrogens is 1. The van der Waals surface area contributed by atoms with Crippen LogP contribution in [-0.2, 0) is 12.2 Å². The van der Waals surface area contributed by atoms with Gasteiger partial charge in [-0.15, -0.1) is 23.1 Å². The molecule has 3 aromatic rings. The van der Waals surface area contributed by atoms with E-state index in [0.717, 1.165) is 22.9 Å². The lowest BCUT2D eigenvalue weighted by atomic mass is 10.1. The van der Waals surface area contributed by atoms with E-state index in [4.69, 9.17) is 4.98 Å². The summed E-state index contributed by atoms with van der Waals surface area (Å²) in [5.74, 6) is 1.03. The third-order valence-corrected chi connectivity index (χ3v) is 5.48. The molecule has 0 unspecified atom stereocenters. The molecule has 0 fully saturated rings. The van der Waals surface area contributed by atoms with Crippen molar-refractivity contribution < 1.29 is 0 Å². The van der Waals surface area contributed by atoms with Crippen LogP contribution >= 0.6 is 23.1 Å². The van der Waals surface area contributed by atoms with Gasteiger partial charge in [-0.3, -0.25) is 0 Å². The first-order valence-corrected chi connectivity index (χ1v) is 7.88. The number of benzene rings is 1. The van der Waals surface area contributed by atoms with E-state index in [-0.39, 0.29) is 0 Å². The van der Waals surface area contributed by atoms with Crippen LogP contribution in [0.3, 0.4) is 0 Å². The molecular formula is C14H11N3S2. The monoisotopic (exact) mass is 285 g/mol. The summed E-state index contributed by atoms with van der Waals surface area (Å²) >= 11 is 3.72. The van der Waals surface area contributed by atoms with Gasteiger partial charge in [0.25, 0.3) is 0 Å². The Labute approximate surface area is 119 Å². The van der Waals surface area contributed by atoms with Gasteiger partial charge in [0.05, 0.1) is 17.0 Å². The first-order chi connectivity index (χ1) is 9.40. The van der Waals surface area contributed by atoms with Gasteiger partial charge in [0, 0.05) is 39.4 Å². The summed E-state index contributed by atoms with van der Waals surface area (Å²) in [7, 11) is 0. The Kier molecular flexibility index (Phi) is 2.67. The Bertz CT molecular complexity index is 716. The number of thiazole rings is 1. The van der Waals surface area contributed by atoms with E-state index < -0.39 is 0 Å². The highest BCUT2D eigenvalue weighted by Gasteiger charge is 2.20. The Morgan fingerprint density at radius 2 is 2.21 bits per heavy atom. The molecule has 19 heavy (non-hydrogen) atoms. The van der Waals surface area contributed by atoms with Crippen LogP contribution in [0.1, 0.15) is 15.6 Å². The van der Waals surface area contributed by atoms with Gasteiger partial charge in [0.1, 0.15) is 0 Å². The fraction of sp³-hybridized carbons (Fsp3) is 0.143. The largest absolute Gasteiger partial charge is 0.348 e. The summed E-state index contributed by atoms with van der Waals surface area (Å²) < 4.78 is 0. The van der Waals surface area contributed by atoms with Crippen molar-refractivity contribution in [2.75, 3.05) is 0 Å². The van der Waals surface area contributed by atoms with Gasteiger partial charge >= 0.3 is 0 Å². The second-order valence-electron chi connectivity index (χ2n) is 4.42. The topological polar surface area (TPSA) is 41.6 Å². The number of rotatable bonds is 2. The maximum absolute atomic E-state index is 4.82. The zero-order valence-electron chi connectivity index (χ0n) is 10.1. The van der Waals surface area contributed by atoms with E-state index in [1.54, 1.807) is 6.33 Å². The lowest BCUT2D eigenvalue weighted by Crippen LogP contribution is -1.93. The van der Waals surface area contributed by atoms with Crippen molar-refractivity contribution >= 4 is 23.1 Å². The number of nitrogens with zero attached hydrogens (tertiary/aromatic N) is 2. The van der Waals surface area contributed by atoms with Crippen LogP contribution < -0.4 is 0 Å². The highest BCUT2D eigenvalue weighted by Crippen LogP contribution is 2.43. The molecule has 0 saturated carbocycles. The zero-order valence-corrected chi connectivity index (χ0v) is 11.7. The molecule has 1 aliphatic heterocycles. The molecule has 0 amide bonds. The van der Waals surface area contributed by atoms with Gasteiger partial charge in [-0.2, -0.15) is 0 Å². The van der Waals surface area contributed by atoms with Crippen LogP contribution in [0.2, 0.25) is 0 Å². The highest BCUT2D eigenvalue weighted by atomic mass is 32.2. The van der Waals surface area contributed by atoms with Gasteiger partial charge in [-0.05, 0) is 6.07 Å². The van der Waals surface area contributed by atoms with Gasteiger partial charge in [-0.25, -0.2) is 9.97 Å². The van der Waals surface area contributed by atoms with E-state index in [0.29, 0.717) is 0 Å². The first kappa shape index (κ1) is 11.3. The summed E-state index contributed by atoms with van der Waals surface area (Å²) in [5.41, 5.74) is 3.57. The number of hydrogen-bond donors (Lipinski definition) is 1. The SMILES string of the molecule is c1ccc2c(c1)SCc1sc(Cc3cnc[nH]3)nc1-2. The molecule has 0 spiro atoms. The number of aromatic amines is 1. The molecular weight excluding hydrogens is 274 g/mol. The van der Waals surface area contributed by atoms with Gasteiger partial charge in [-0.1, -0.05) is 18.2 Å². The van der Waals surface area contributed by atoms with Crippen molar-refractivity contribution in [2.45, 2.75) is 17.1 Å². The first-order valence-electron chi connectivity index (χ1n) is 6.08. The normalized spacial score (nSPS) is 13.1. The van der Waals surface area contributed by atoms with E-state index >= 15 is 0 Å². The van der Waals surface area contributed by atoms with Crippen molar-refractivity contribution in [1.29, 1.82) is 0 Å². The molecule has 0 radical (unpaired) electrons. The Hall–Kier alpha value is -1.59. The zero-order chi connectivity index (χ0) is 12.7. The summed E-state index contributed by atoms with van der Waals surface area (Å²) in [6, 6.07) is 8.52. The van der Waals surface area contributed by atoms with Crippen LogP contribution in [0.15, 0.2) is 41.7 Å². The number of hydrogen-bond acceptors (Lipinski definition) is 4. The quantitative estimate of drug-likeness (QED) is 0.780. The molecule has 0 saturated heterocycles. The fourth-order valence-electron chi connectivity index (χ4n) is 2.26. The summed E-state index contributed by atoms with van der Waals surface area (Å²) in [5, 5.41) is 1.16. The lowest BCUT2D eigenvalue weighted by molar-refractivity contribution is 1.07. The predicted octanol–water partition coefficient (Wildman–Crippen LogP) is 3.73. The van der Waals surface area contributed by atoms with Crippen molar-refractivity contribution in [3.63, 3.8) is 0 Å². The number of nitrogens with one attached hydrogen (secondary N) is 1. The molecule has 5 heteroatoms. The van der Waals surface area contributed by atoms with Crippen LogP contribution in [-0.4, -0.2) is 15.0 Å². The third kappa shape index (κ3) is 1.99.